The summed E-state index contributed by atoms with van der Waals surface area (Å²) in [4.78, 5) is 8.90. The minimum Gasteiger partial charge on any atom is -0.249 e. The Bertz CT molecular complexity index is 602. The van der Waals surface area contributed by atoms with Crippen LogP contribution >= 0.6 is 34.4 Å². The first-order valence-corrected chi connectivity index (χ1v) is 8.53. The highest BCUT2D eigenvalue weighted by Crippen LogP contribution is 2.44. The molecular weight excluding hydrogens is 296 g/mol. The van der Waals surface area contributed by atoms with E-state index in [0.29, 0.717) is 11.8 Å². The Balaban J connectivity index is 1.76. The molecule has 7 heteroatoms. The molecule has 4 rings (SSSR count). The first-order chi connectivity index (χ1) is 9.43. The van der Waals surface area contributed by atoms with Crippen LogP contribution < -0.4 is 0 Å². The quantitative estimate of drug-likeness (QED) is 0.727. The van der Waals surface area contributed by atoms with Crippen molar-refractivity contribution in [2.24, 2.45) is 0 Å². The first-order valence-electron chi connectivity index (χ1n) is 6.04. The number of hydrogen-bond acceptors (Lipinski definition) is 7. The normalized spacial score (nSPS) is 22.3. The second kappa shape index (κ2) is 4.73. The summed E-state index contributed by atoms with van der Waals surface area (Å²) in [7, 11) is 0. The molecule has 0 N–H and O–H groups in total. The molecule has 0 spiro atoms. The third kappa shape index (κ3) is 1.92. The van der Waals surface area contributed by atoms with E-state index in [0.717, 1.165) is 34.2 Å². The maximum atomic E-state index is 4.53. The zero-order chi connectivity index (χ0) is 12.7. The molecule has 19 heavy (non-hydrogen) atoms. The van der Waals surface area contributed by atoms with Gasteiger partial charge in [0.15, 0.2) is 0 Å². The minimum absolute atomic E-state index is 0.324. The molecule has 0 bridgehead atoms. The van der Waals surface area contributed by atoms with Gasteiger partial charge in [-0.2, -0.15) is 8.75 Å². The van der Waals surface area contributed by atoms with Crippen molar-refractivity contribution in [3.05, 3.63) is 44.6 Å². The van der Waals surface area contributed by atoms with Crippen molar-refractivity contribution in [2.75, 3.05) is 0 Å². The van der Waals surface area contributed by atoms with E-state index in [4.69, 9.17) is 0 Å². The molecule has 3 aromatic heterocycles. The fraction of sp³-hybridized carbons (Fsp3) is 0.333. The Labute approximate surface area is 122 Å². The van der Waals surface area contributed by atoms with Gasteiger partial charge in [-0.05, 0) is 12.8 Å². The van der Waals surface area contributed by atoms with Crippen LogP contribution in [0.25, 0.3) is 0 Å². The second-order valence-corrected chi connectivity index (χ2v) is 6.84. The SMILES string of the molecule is c1csc(C2CCC(c3nccs3)c3nsnc32)n1. The van der Waals surface area contributed by atoms with Crippen molar-refractivity contribution in [3.63, 3.8) is 0 Å². The van der Waals surface area contributed by atoms with Crippen molar-refractivity contribution < 1.29 is 0 Å². The summed E-state index contributed by atoms with van der Waals surface area (Å²) in [5.74, 6) is 0.648. The molecule has 0 saturated heterocycles. The van der Waals surface area contributed by atoms with Crippen LogP contribution in [0.5, 0.6) is 0 Å². The van der Waals surface area contributed by atoms with Gasteiger partial charge < -0.3 is 0 Å². The fourth-order valence-electron chi connectivity index (χ4n) is 2.59. The van der Waals surface area contributed by atoms with Crippen LogP contribution in [0.1, 0.15) is 46.1 Å². The van der Waals surface area contributed by atoms with Crippen molar-refractivity contribution in [1.29, 1.82) is 0 Å². The third-order valence-electron chi connectivity index (χ3n) is 3.44. The van der Waals surface area contributed by atoms with Crippen LogP contribution in [-0.2, 0) is 0 Å². The number of nitrogens with zero attached hydrogens (tertiary/aromatic N) is 4. The lowest BCUT2D eigenvalue weighted by Gasteiger charge is -2.24. The average Bonchev–Trinajstić information content (AvgIpc) is 3.19. The summed E-state index contributed by atoms with van der Waals surface area (Å²) in [6, 6.07) is 0. The molecule has 4 nitrogen and oxygen atoms in total. The van der Waals surface area contributed by atoms with Gasteiger partial charge in [-0.25, -0.2) is 9.97 Å². The minimum atomic E-state index is 0.324. The first kappa shape index (κ1) is 11.6. The van der Waals surface area contributed by atoms with Gasteiger partial charge in [-0.15, -0.1) is 22.7 Å². The summed E-state index contributed by atoms with van der Waals surface area (Å²) < 4.78 is 9.06. The smallest absolute Gasteiger partial charge is 0.102 e. The number of thiazole rings is 2. The van der Waals surface area contributed by atoms with Crippen LogP contribution in [-0.4, -0.2) is 18.7 Å². The van der Waals surface area contributed by atoms with E-state index in [2.05, 4.69) is 18.7 Å². The van der Waals surface area contributed by atoms with Gasteiger partial charge in [-0.1, -0.05) is 0 Å². The zero-order valence-electron chi connectivity index (χ0n) is 9.89. The Morgan fingerprint density at radius 3 is 1.79 bits per heavy atom. The lowest BCUT2D eigenvalue weighted by Crippen LogP contribution is -2.16. The molecule has 1 aliphatic rings. The van der Waals surface area contributed by atoms with Crippen LogP contribution in [0.4, 0.5) is 0 Å². The van der Waals surface area contributed by atoms with E-state index in [1.54, 1.807) is 22.7 Å². The summed E-state index contributed by atoms with van der Waals surface area (Å²) >= 11 is 4.73. The van der Waals surface area contributed by atoms with E-state index in [1.807, 2.05) is 23.2 Å². The summed E-state index contributed by atoms with van der Waals surface area (Å²) in [6.07, 6.45) is 5.89. The highest BCUT2D eigenvalue weighted by Gasteiger charge is 2.35. The third-order valence-corrected chi connectivity index (χ3v) is 5.78. The molecule has 1 aliphatic carbocycles. The Kier molecular flexibility index (Phi) is 2.90. The molecule has 0 saturated carbocycles. The van der Waals surface area contributed by atoms with Crippen molar-refractivity contribution in [1.82, 2.24) is 18.7 Å². The van der Waals surface area contributed by atoms with Crippen LogP contribution in [0.3, 0.4) is 0 Å². The molecule has 0 amide bonds. The molecule has 0 radical (unpaired) electrons. The van der Waals surface area contributed by atoms with Crippen molar-refractivity contribution >= 4 is 34.4 Å². The Morgan fingerprint density at radius 1 is 0.842 bits per heavy atom. The zero-order valence-corrected chi connectivity index (χ0v) is 12.3. The summed E-state index contributed by atoms with van der Waals surface area (Å²) in [6.45, 7) is 0. The molecule has 0 aromatic carbocycles. The largest absolute Gasteiger partial charge is 0.249 e. The molecule has 2 atom stereocenters. The number of rotatable bonds is 2. The van der Waals surface area contributed by atoms with Gasteiger partial charge in [0.1, 0.15) is 10.0 Å². The lowest BCUT2D eigenvalue weighted by atomic mass is 9.83. The monoisotopic (exact) mass is 306 g/mol. The number of aromatic nitrogens is 4. The van der Waals surface area contributed by atoms with Crippen LogP contribution in [0.15, 0.2) is 23.2 Å². The predicted molar refractivity (Wildman–Crippen MR) is 77.1 cm³/mol. The van der Waals surface area contributed by atoms with E-state index >= 15 is 0 Å². The van der Waals surface area contributed by atoms with E-state index in [9.17, 15) is 0 Å². The summed E-state index contributed by atoms with van der Waals surface area (Å²) in [5, 5.41) is 6.38. The second-order valence-electron chi connectivity index (χ2n) is 4.46. The van der Waals surface area contributed by atoms with Gasteiger partial charge in [0.25, 0.3) is 0 Å². The Hall–Kier alpha value is -1.18. The molecular formula is C12H10N4S3. The molecule has 3 heterocycles. The van der Waals surface area contributed by atoms with Gasteiger partial charge >= 0.3 is 0 Å². The maximum absolute atomic E-state index is 4.53. The molecule has 96 valence electrons. The summed E-state index contributed by atoms with van der Waals surface area (Å²) in [5.41, 5.74) is 2.23. The molecule has 0 fully saturated rings. The van der Waals surface area contributed by atoms with Crippen molar-refractivity contribution in [2.45, 2.75) is 24.7 Å². The van der Waals surface area contributed by atoms with Crippen molar-refractivity contribution in [3.8, 4) is 0 Å². The Morgan fingerprint density at radius 2 is 1.37 bits per heavy atom. The molecule has 2 unspecified atom stereocenters. The molecule has 3 aromatic rings. The number of hydrogen-bond donors (Lipinski definition) is 0. The van der Waals surface area contributed by atoms with Gasteiger partial charge in [0, 0.05) is 23.2 Å². The van der Waals surface area contributed by atoms with Crippen LogP contribution in [0.2, 0.25) is 0 Å². The molecule has 0 aliphatic heterocycles. The van der Waals surface area contributed by atoms with E-state index in [-0.39, 0.29) is 0 Å². The topological polar surface area (TPSA) is 51.6 Å². The highest BCUT2D eigenvalue weighted by molar-refractivity contribution is 7.10. The van der Waals surface area contributed by atoms with Gasteiger partial charge in [0.05, 0.1) is 35.0 Å². The van der Waals surface area contributed by atoms with Gasteiger partial charge in [-0.3, -0.25) is 0 Å². The van der Waals surface area contributed by atoms with E-state index in [1.165, 1.54) is 11.7 Å². The maximum Gasteiger partial charge on any atom is 0.102 e. The fourth-order valence-corrected chi connectivity index (χ4v) is 4.80. The predicted octanol–water partition coefficient (Wildman–Crippen LogP) is 3.51. The average molecular weight is 306 g/mol. The standard InChI is InChI=1S/C12H10N4S3/c1-2-8(12-14-4-6-18-12)10-9(15-19-16-10)7(1)11-13-3-5-17-11/h3-8H,1-2H2. The highest BCUT2D eigenvalue weighted by atomic mass is 32.1. The van der Waals surface area contributed by atoms with Crippen LogP contribution in [0, 0.1) is 0 Å². The van der Waals surface area contributed by atoms with Gasteiger partial charge in [0.2, 0.25) is 0 Å². The number of fused-ring (bicyclic) bond motifs is 1. The van der Waals surface area contributed by atoms with E-state index < -0.39 is 0 Å². The lowest BCUT2D eigenvalue weighted by molar-refractivity contribution is 0.547.